The van der Waals surface area contributed by atoms with Crippen molar-refractivity contribution in [2.24, 2.45) is 5.41 Å². The molecule has 0 aromatic carbocycles. The Hall–Kier alpha value is -1.38. The lowest BCUT2D eigenvalue weighted by atomic mass is 9.71. The van der Waals surface area contributed by atoms with E-state index in [9.17, 15) is 9.59 Å². The molecule has 0 saturated carbocycles. The molecule has 1 unspecified atom stereocenters. The number of carbonyl (C=O) groups is 2. The quantitative estimate of drug-likeness (QED) is 0.570. The van der Waals surface area contributed by atoms with Crippen LogP contribution in [0, 0.1) is 5.41 Å². The second kappa shape index (κ2) is 5.51. The van der Waals surface area contributed by atoms with Crippen molar-refractivity contribution in [3.8, 4) is 0 Å². The predicted molar refractivity (Wildman–Crippen MR) is 71.1 cm³/mol. The van der Waals surface area contributed by atoms with Crippen LogP contribution >= 0.6 is 0 Å². The van der Waals surface area contributed by atoms with Crippen LogP contribution in [-0.2, 0) is 14.3 Å². The van der Waals surface area contributed by atoms with Crippen LogP contribution in [-0.4, -0.2) is 17.9 Å². The third-order valence-corrected chi connectivity index (χ3v) is 3.46. The fourth-order valence-corrected chi connectivity index (χ4v) is 2.46. The molecule has 0 aliphatic heterocycles. The lowest BCUT2D eigenvalue weighted by Crippen LogP contribution is -2.30. The number of allylic oxidation sites excluding steroid dienone is 3. The van der Waals surface area contributed by atoms with Gasteiger partial charge in [0.2, 0.25) is 0 Å². The van der Waals surface area contributed by atoms with Gasteiger partial charge in [-0.05, 0) is 49.3 Å². The minimum Gasteiger partial charge on any atom is -0.458 e. The molecule has 0 aromatic rings. The van der Waals surface area contributed by atoms with Crippen LogP contribution in [0.4, 0.5) is 0 Å². The minimum absolute atomic E-state index is 0.0205. The molecule has 1 aliphatic rings. The molecule has 100 valence electrons. The van der Waals surface area contributed by atoms with Crippen LogP contribution in [0.15, 0.2) is 23.3 Å². The first-order chi connectivity index (χ1) is 8.24. The van der Waals surface area contributed by atoms with Crippen molar-refractivity contribution in [3.05, 3.63) is 23.3 Å². The first-order valence-electron chi connectivity index (χ1n) is 6.31. The molecule has 3 nitrogen and oxygen atoms in total. The number of esters is 1. The topological polar surface area (TPSA) is 43.4 Å². The van der Waals surface area contributed by atoms with E-state index in [1.807, 2.05) is 13.0 Å². The van der Waals surface area contributed by atoms with Crippen LogP contribution < -0.4 is 0 Å². The van der Waals surface area contributed by atoms with Gasteiger partial charge in [-0.25, -0.2) is 0 Å². The van der Waals surface area contributed by atoms with Crippen molar-refractivity contribution in [1.82, 2.24) is 0 Å². The molecule has 0 heterocycles. The van der Waals surface area contributed by atoms with Crippen LogP contribution in [0.2, 0.25) is 0 Å². The van der Waals surface area contributed by atoms with Crippen molar-refractivity contribution in [2.75, 3.05) is 0 Å². The molecule has 1 aliphatic carbocycles. The van der Waals surface area contributed by atoms with Gasteiger partial charge in [-0.2, -0.15) is 0 Å². The molecule has 0 radical (unpaired) electrons. The maximum atomic E-state index is 11.1. The molecule has 0 fully saturated rings. The summed E-state index contributed by atoms with van der Waals surface area (Å²) in [5, 5.41) is 0. The van der Waals surface area contributed by atoms with E-state index in [-0.39, 0.29) is 23.3 Å². The van der Waals surface area contributed by atoms with Gasteiger partial charge in [-0.15, -0.1) is 0 Å². The standard InChI is InChI=1S/C15H22O3/c1-10(16)6-7-13-11(2)14(18-12(3)17)8-9-15(13,4)5/h6-7,14H,8-9H2,1-5H3/b7-6+. The van der Waals surface area contributed by atoms with E-state index in [2.05, 4.69) is 13.8 Å². The zero-order valence-corrected chi connectivity index (χ0v) is 11.9. The fourth-order valence-electron chi connectivity index (χ4n) is 2.46. The molecule has 0 aromatic heterocycles. The molecule has 0 spiro atoms. The third kappa shape index (κ3) is 3.56. The summed E-state index contributed by atoms with van der Waals surface area (Å²) in [6.45, 7) is 9.25. The van der Waals surface area contributed by atoms with Crippen molar-refractivity contribution in [1.29, 1.82) is 0 Å². The largest absolute Gasteiger partial charge is 0.458 e. The zero-order chi connectivity index (χ0) is 13.9. The van der Waals surface area contributed by atoms with E-state index >= 15 is 0 Å². The molecular formula is C15H22O3. The molecule has 3 heteroatoms. The van der Waals surface area contributed by atoms with Gasteiger partial charge >= 0.3 is 5.97 Å². The SMILES string of the molecule is CC(=O)/C=C/C1=C(C)C(OC(C)=O)CCC1(C)C. The Bertz CT molecular complexity index is 413. The maximum absolute atomic E-state index is 11.1. The Morgan fingerprint density at radius 1 is 1.33 bits per heavy atom. The van der Waals surface area contributed by atoms with Gasteiger partial charge in [0.05, 0.1) is 0 Å². The van der Waals surface area contributed by atoms with Gasteiger partial charge < -0.3 is 4.74 Å². The monoisotopic (exact) mass is 250 g/mol. The normalized spacial score (nSPS) is 23.3. The maximum Gasteiger partial charge on any atom is 0.303 e. The van der Waals surface area contributed by atoms with Crippen molar-refractivity contribution < 1.29 is 14.3 Å². The summed E-state index contributed by atoms with van der Waals surface area (Å²) in [7, 11) is 0. The highest BCUT2D eigenvalue weighted by Crippen LogP contribution is 2.41. The first-order valence-corrected chi connectivity index (χ1v) is 6.31. The van der Waals surface area contributed by atoms with Crippen LogP contribution in [0.1, 0.15) is 47.5 Å². The Kier molecular flexibility index (Phi) is 4.49. The molecule has 0 N–H and O–H groups in total. The summed E-state index contributed by atoms with van der Waals surface area (Å²) in [4.78, 5) is 22.1. The molecule has 18 heavy (non-hydrogen) atoms. The average Bonchev–Trinajstić information content (AvgIpc) is 2.21. The molecular weight excluding hydrogens is 228 g/mol. The van der Waals surface area contributed by atoms with Gasteiger partial charge in [0.1, 0.15) is 6.10 Å². The summed E-state index contributed by atoms with van der Waals surface area (Å²) in [6.07, 6.45) is 5.09. The zero-order valence-electron chi connectivity index (χ0n) is 11.9. The predicted octanol–water partition coefficient (Wildman–Crippen LogP) is 3.20. The summed E-state index contributed by atoms with van der Waals surface area (Å²) < 4.78 is 5.32. The minimum atomic E-state index is -0.256. The van der Waals surface area contributed by atoms with E-state index in [1.165, 1.54) is 13.8 Å². The van der Waals surface area contributed by atoms with Crippen LogP contribution in [0.5, 0.6) is 0 Å². The molecule has 0 amide bonds. The molecule has 1 rings (SSSR count). The number of carbonyl (C=O) groups excluding carboxylic acids is 2. The summed E-state index contributed by atoms with van der Waals surface area (Å²) >= 11 is 0. The van der Waals surface area contributed by atoms with Gasteiger partial charge in [0.25, 0.3) is 0 Å². The van der Waals surface area contributed by atoms with Crippen molar-refractivity contribution >= 4 is 11.8 Å². The van der Waals surface area contributed by atoms with E-state index in [0.717, 1.165) is 24.0 Å². The Morgan fingerprint density at radius 3 is 2.44 bits per heavy atom. The number of hydrogen-bond donors (Lipinski definition) is 0. The van der Waals surface area contributed by atoms with Crippen LogP contribution in [0.3, 0.4) is 0 Å². The highest BCUT2D eigenvalue weighted by Gasteiger charge is 2.33. The number of ether oxygens (including phenoxy) is 1. The summed E-state index contributed by atoms with van der Waals surface area (Å²) in [5.74, 6) is -0.227. The van der Waals surface area contributed by atoms with Crippen molar-refractivity contribution in [2.45, 2.75) is 53.6 Å². The second-order valence-electron chi connectivity index (χ2n) is 5.56. The number of ketones is 1. The highest BCUT2D eigenvalue weighted by molar-refractivity contribution is 5.87. The summed E-state index contributed by atoms with van der Waals surface area (Å²) in [5.41, 5.74) is 2.18. The van der Waals surface area contributed by atoms with E-state index in [1.54, 1.807) is 6.08 Å². The lowest BCUT2D eigenvalue weighted by molar-refractivity contribution is -0.145. The van der Waals surface area contributed by atoms with E-state index < -0.39 is 0 Å². The van der Waals surface area contributed by atoms with Gasteiger partial charge in [0, 0.05) is 6.92 Å². The highest BCUT2D eigenvalue weighted by atomic mass is 16.5. The van der Waals surface area contributed by atoms with Gasteiger partial charge in [0.15, 0.2) is 5.78 Å². The molecule has 0 saturated heterocycles. The van der Waals surface area contributed by atoms with Crippen molar-refractivity contribution in [3.63, 3.8) is 0 Å². The Labute approximate surface area is 109 Å². The average molecular weight is 250 g/mol. The van der Waals surface area contributed by atoms with Gasteiger partial charge in [-0.3, -0.25) is 9.59 Å². The summed E-state index contributed by atoms with van der Waals surface area (Å²) in [6, 6.07) is 0. The number of hydrogen-bond acceptors (Lipinski definition) is 3. The lowest BCUT2D eigenvalue weighted by Gasteiger charge is -2.36. The van der Waals surface area contributed by atoms with Crippen LogP contribution in [0.25, 0.3) is 0 Å². The number of rotatable bonds is 3. The van der Waals surface area contributed by atoms with E-state index in [0.29, 0.717) is 0 Å². The van der Waals surface area contributed by atoms with E-state index in [4.69, 9.17) is 4.74 Å². The smallest absolute Gasteiger partial charge is 0.303 e. The molecule has 1 atom stereocenters. The molecule has 0 bridgehead atoms. The fraction of sp³-hybridized carbons (Fsp3) is 0.600. The first kappa shape index (κ1) is 14.7. The Morgan fingerprint density at radius 2 is 1.94 bits per heavy atom. The second-order valence-corrected chi connectivity index (χ2v) is 5.56. The third-order valence-electron chi connectivity index (χ3n) is 3.46. The van der Waals surface area contributed by atoms with Gasteiger partial charge in [-0.1, -0.05) is 19.9 Å². The Balaban J connectivity index is 3.08.